The zero-order valence-corrected chi connectivity index (χ0v) is 13.7. The first kappa shape index (κ1) is 16.3. The van der Waals surface area contributed by atoms with Crippen LogP contribution in [0.4, 0.5) is 0 Å². The highest BCUT2D eigenvalue weighted by atomic mass is 32.2. The molecule has 1 rings (SSSR count). The Labute approximate surface area is 116 Å². The van der Waals surface area contributed by atoms with Crippen molar-refractivity contribution in [3.63, 3.8) is 0 Å². The van der Waals surface area contributed by atoms with Gasteiger partial charge in [0.2, 0.25) is 0 Å². The van der Waals surface area contributed by atoms with Crippen LogP contribution in [0.3, 0.4) is 0 Å². The van der Waals surface area contributed by atoms with Gasteiger partial charge in [0.05, 0.1) is 10.5 Å². The van der Waals surface area contributed by atoms with Crippen LogP contribution in [0, 0.1) is 5.92 Å². The minimum atomic E-state index is -2.97. The van der Waals surface area contributed by atoms with Gasteiger partial charge >= 0.3 is 0 Å². The van der Waals surface area contributed by atoms with Gasteiger partial charge in [-0.3, -0.25) is 0 Å². The molecule has 18 heavy (non-hydrogen) atoms. The molecule has 0 aliphatic carbocycles. The van der Waals surface area contributed by atoms with Crippen LogP contribution in [0.25, 0.3) is 0 Å². The number of nitrogens with one attached hydrogen (secondary N) is 1. The maximum atomic E-state index is 12.1. The van der Waals surface area contributed by atoms with Crippen molar-refractivity contribution in [2.75, 3.05) is 23.8 Å². The van der Waals surface area contributed by atoms with Gasteiger partial charge in [0, 0.05) is 11.8 Å². The summed E-state index contributed by atoms with van der Waals surface area (Å²) in [5.41, 5.74) is 0. The SMILES string of the molecule is CCCNC1CSCC1CCS(=O)(=O)C(C)(C)C. The molecule has 3 nitrogen and oxygen atoms in total. The molecule has 0 radical (unpaired) electrons. The van der Waals surface area contributed by atoms with Gasteiger partial charge in [-0.2, -0.15) is 11.8 Å². The number of hydrogen-bond acceptors (Lipinski definition) is 4. The fraction of sp³-hybridized carbons (Fsp3) is 1.00. The van der Waals surface area contributed by atoms with Crippen molar-refractivity contribution in [3.8, 4) is 0 Å². The quantitative estimate of drug-likeness (QED) is 0.816. The van der Waals surface area contributed by atoms with Crippen LogP contribution >= 0.6 is 11.8 Å². The Kier molecular flexibility index (Phi) is 6.00. The number of rotatable bonds is 6. The maximum Gasteiger partial charge on any atom is 0.155 e. The van der Waals surface area contributed by atoms with Gasteiger partial charge in [0.1, 0.15) is 0 Å². The summed E-state index contributed by atoms with van der Waals surface area (Å²) in [6, 6.07) is 0.505. The molecule has 1 heterocycles. The van der Waals surface area contributed by atoms with E-state index in [1.54, 1.807) is 20.8 Å². The highest BCUT2D eigenvalue weighted by Gasteiger charge is 2.32. The molecule has 0 aromatic rings. The van der Waals surface area contributed by atoms with Crippen LogP contribution < -0.4 is 5.32 Å². The second-order valence-corrected chi connectivity index (χ2v) is 10.0. The average Bonchev–Trinajstić information content (AvgIpc) is 2.69. The number of hydrogen-bond donors (Lipinski definition) is 1. The molecule has 1 saturated heterocycles. The molecule has 1 aliphatic rings. The Hall–Kier alpha value is 0.260. The molecule has 0 aromatic heterocycles. The standard InChI is InChI=1S/C13H27NO2S2/c1-5-7-14-12-10-17-9-11(12)6-8-18(15,16)13(2,3)4/h11-12,14H,5-10H2,1-4H3. The predicted molar refractivity (Wildman–Crippen MR) is 81.1 cm³/mol. The molecule has 0 amide bonds. The van der Waals surface area contributed by atoms with E-state index >= 15 is 0 Å². The van der Waals surface area contributed by atoms with E-state index in [1.807, 2.05) is 11.8 Å². The normalized spacial score (nSPS) is 25.6. The highest BCUT2D eigenvalue weighted by molar-refractivity contribution is 7.99. The number of thioether (sulfide) groups is 1. The van der Waals surface area contributed by atoms with E-state index < -0.39 is 14.6 Å². The van der Waals surface area contributed by atoms with Crippen molar-refractivity contribution >= 4 is 21.6 Å². The third-order valence-electron chi connectivity index (χ3n) is 3.55. The van der Waals surface area contributed by atoms with Crippen molar-refractivity contribution in [3.05, 3.63) is 0 Å². The summed E-state index contributed by atoms with van der Waals surface area (Å²) in [4.78, 5) is 0. The van der Waals surface area contributed by atoms with Crippen LogP contribution in [0.2, 0.25) is 0 Å². The first-order valence-corrected chi connectivity index (χ1v) is 9.62. The summed E-state index contributed by atoms with van der Waals surface area (Å²) in [6.45, 7) is 8.57. The van der Waals surface area contributed by atoms with Gasteiger partial charge in [-0.25, -0.2) is 8.42 Å². The summed E-state index contributed by atoms with van der Waals surface area (Å²) < 4.78 is 23.6. The second-order valence-electron chi connectivity index (χ2n) is 6.08. The molecular weight excluding hydrogens is 266 g/mol. The fourth-order valence-corrected chi connectivity index (χ4v) is 4.76. The molecule has 2 unspecified atom stereocenters. The van der Waals surface area contributed by atoms with E-state index in [0.29, 0.717) is 17.7 Å². The molecule has 0 saturated carbocycles. The predicted octanol–water partition coefficient (Wildman–Crippen LogP) is 2.32. The van der Waals surface area contributed by atoms with E-state index in [0.717, 1.165) is 30.9 Å². The Balaban J connectivity index is 2.48. The lowest BCUT2D eigenvalue weighted by atomic mass is 10.0. The van der Waals surface area contributed by atoms with Crippen molar-refractivity contribution in [2.45, 2.75) is 51.3 Å². The Morgan fingerprint density at radius 1 is 1.28 bits per heavy atom. The largest absolute Gasteiger partial charge is 0.313 e. The fourth-order valence-electron chi connectivity index (χ4n) is 2.05. The van der Waals surface area contributed by atoms with Crippen LogP contribution in [-0.4, -0.2) is 43.0 Å². The zero-order valence-electron chi connectivity index (χ0n) is 12.0. The van der Waals surface area contributed by atoms with Crippen molar-refractivity contribution < 1.29 is 8.42 Å². The van der Waals surface area contributed by atoms with Crippen LogP contribution in [-0.2, 0) is 9.84 Å². The first-order valence-electron chi connectivity index (χ1n) is 6.81. The highest BCUT2D eigenvalue weighted by Crippen LogP contribution is 2.28. The molecule has 1 fully saturated rings. The molecule has 1 aliphatic heterocycles. The van der Waals surface area contributed by atoms with Crippen LogP contribution in [0.5, 0.6) is 0 Å². The summed E-state index contributed by atoms with van der Waals surface area (Å²) >= 11 is 1.94. The third kappa shape index (κ3) is 4.42. The van der Waals surface area contributed by atoms with Crippen LogP contribution in [0.1, 0.15) is 40.5 Å². The smallest absolute Gasteiger partial charge is 0.155 e. The molecular formula is C13H27NO2S2. The lowest BCUT2D eigenvalue weighted by molar-refractivity contribution is 0.416. The Morgan fingerprint density at radius 2 is 1.94 bits per heavy atom. The van der Waals surface area contributed by atoms with E-state index in [-0.39, 0.29) is 0 Å². The van der Waals surface area contributed by atoms with E-state index in [4.69, 9.17) is 0 Å². The topological polar surface area (TPSA) is 46.2 Å². The van der Waals surface area contributed by atoms with Crippen LogP contribution in [0.15, 0.2) is 0 Å². The van der Waals surface area contributed by atoms with Gasteiger partial charge in [0.15, 0.2) is 9.84 Å². The number of sulfone groups is 1. The monoisotopic (exact) mass is 293 g/mol. The molecule has 108 valence electrons. The van der Waals surface area contributed by atoms with Gasteiger partial charge in [0.25, 0.3) is 0 Å². The summed E-state index contributed by atoms with van der Waals surface area (Å²) in [6.07, 6.45) is 1.93. The molecule has 0 bridgehead atoms. The summed E-state index contributed by atoms with van der Waals surface area (Å²) in [5.74, 6) is 3.06. The van der Waals surface area contributed by atoms with Gasteiger partial charge < -0.3 is 5.32 Å². The molecule has 2 atom stereocenters. The summed E-state index contributed by atoms with van der Waals surface area (Å²) in [5, 5.41) is 3.54. The lowest BCUT2D eigenvalue weighted by Crippen LogP contribution is -2.38. The summed E-state index contributed by atoms with van der Waals surface area (Å²) in [7, 11) is -2.97. The molecule has 0 aromatic carbocycles. The van der Waals surface area contributed by atoms with Gasteiger partial charge in [-0.05, 0) is 51.8 Å². The molecule has 0 spiro atoms. The third-order valence-corrected chi connectivity index (χ3v) is 7.44. The Bertz CT molecular complexity index is 346. The van der Waals surface area contributed by atoms with Crippen molar-refractivity contribution in [2.24, 2.45) is 5.92 Å². The molecule has 1 N–H and O–H groups in total. The van der Waals surface area contributed by atoms with Crippen molar-refractivity contribution in [1.82, 2.24) is 5.32 Å². The lowest BCUT2D eigenvalue weighted by Gasteiger charge is -2.23. The molecule has 5 heteroatoms. The first-order chi connectivity index (χ1) is 8.28. The van der Waals surface area contributed by atoms with E-state index in [1.165, 1.54) is 0 Å². The minimum Gasteiger partial charge on any atom is -0.313 e. The average molecular weight is 293 g/mol. The minimum absolute atomic E-state index is 0.325. The van der Waals surface area contributed by atoms with Gasteiger partial charge in [-0.1, -0.05) is 6.92 Å². The maximum absolute atomic E-state index is 12.1. The van der Waals surface area contributed by atoms with E-state index in [9.17, 15) is 8.42 Å². The zero-order chi connectivity index (χ0) is 13.8. The van der Waals surface area contributed by atoms with Crippen molar-refractivity contribution in [1.29, 1.82) is 0 Å². The Morgan fingerprint density at radius 3 is 2.50 bits per heavy atom. The second kappa shape index (κ2) is 6.62. The van der Waals surface area contributed by atoms with E-state index in [2.05, 4.69) is 12.2 Å². The van der Waals surface area contributed by atoms with Gasteiger partial charge in [-0.15, -0.1) is 0 Å².